The van der Waals surface area contributed by atoms with Gasteiger partial charge in [0, 0.05) is 18.2 Å². The number of esters is 1. The highest BCUT2D eigenvalue weighted by atomic mass is 16.5. The summed E-state index contributed by atoms with van der Waals surface area (Å²) in [6, 6.07) is 5.73. The first-order valence-electron chi connectivity index (χ1n) is 4.06. The summed E-state index contributed by atoms with van der Waals surface area (Å²) in [5.41, 5.74) is 4.78. The van der Waals surface area contributed by atoms with Crippen molar-refractivity contribution in [2.75, 3.05) is 0 Å². The number of rotatable bonds is 3. The summed E-state index contributed by atoms with van der Waals surface area (Å²) in [7, 11) is 0. The van der Waals surface area contributed by atoms with E-state index in [-0.39, 0.29) is 11.5 Å². The van der Waals surface area contributed by atoms with Crippen LogP contribution in [0, 0.1) is 0 Å². The molecule has 0 unspecified atom stereocenters. The van der Waals surface area contributed by atoms with Gasteiger partial charge in [-0.05, 0) is 12.1 Å². The van der Waals surface area contributed by atoms with Crippen LogP contribution < -0.4 is 10.5 Å². The first-order chi connectivity index (χ1) is 7.08. The minimum absolute atomic E-state index is 0.0146. The summed E-state index contributed by atoms with van der Waals surface area (Å²) in [5, 5.41) is 9.06. The highest BCUT2D eigenvalue weighted by Gasteiger charge is 2.01. The van der Waals surface area contributed by atoms with Gasteiger partial charge >= 0.3 is 5.97 Å². The van der Waals surface area contributed by atoms with Crippen molar-refractivity contribution in [2.45, 2.75) is 0 Å². The number of ether oxygens (including phenoxy) is 1. The molecular formula is C10H9NO4. The fourth-order valence-corrected chi connectivity index (χ4v) is 0.847. The Balaban J connectivity index is 2.63. The molecule has 1 aromatic rings. The molecule has 5 heteroatoms. The first kappa shape index (κ1) is 10.8. The number of carbonyl (C=O) groups is 2. The smallest absolute Gasteiger partial charge is 0.336 e. The molecule has 0 saturated heterocycles. The highest BCUT2D eigenvalue weighted by molar-refractivity contribution is 5.94. The van der Waals surface area contributed by atoms with Gasteiger partial charge in [0.25, 0.3) is 0 Å². The van der Waals surface area contributed by atoms with Crippen molar-refractivity contribution in [3.8, 4) is 11.5 Å². The summed E-state index contributed by atoms with van der Waals surface area (Å²) in [5.74, 6) is -1.30. The van der Waals surface area contributed by atoms with Crippen molar-refractivity contribution < 1.29 is 19.4 Å². The first-order valence-corrected chi connectivity index (χ1v) is 4.06. The van der Waals surface area contributed by atoms with Crippen LogP contribution in [0.2, 0.25) is 0 Å². The maximum Gasteiger partial charge on any atom is 0.336 e. The van der Waals surface area contributed by atoms with Crippen LogP contribution in [-0.2, 0) is 9.59 Å². The maximum absolute atomic E-state index is 11.0. The molecule has 1 rings (SSSR count). The number of amides is 1. The van der Waals surface area contributed by atoms with Gasteiger partial charge in [-0.25, -0.2) is 4.79 Å². The van der Waals surface area contributed by atoms with Gasteiger partial charge in [-0.3, -0.25) is 4.79 Å². The van der Waals surface area contributed by atoms with Crippen molar-refractivity contribution in [3.63, 3.8) is 0 Å². The van der Waals surface area contributed by atoms with Crippen molar-refractivity contribution in [2.24, 2.45) is 5.73 Å². The zero-order chi connectivity index (χ0) is 11.3. The van der Waals surface area contributed by atoms with Crippen LogP contribution in [0.25, 0.3) is 0 Å². The molecule has 0 bridgehead atoms. The summed E-state index contributed by atoms with van der Waals surface area (Å²) in [6.45, 7) is 0. The molecule has 5 nitrogen and oxygen atoms in total. The van der Waals surface area contributed by atoms with Crippen LogP contribution in [0.3, 0.4) is 0 Å². The third-order valence-corrected chi connectivity index (χ3v) is 1.42. The molecule has 0 aliphatic carbocycles. The number of phenolic OH excluding ortho intramolecular Hbond substituents is 1. The number of nitrogens with two attached hydrogens (primary N) is 1. The molecular weight excluding hydrogens is 198 g/mol. The Kier molecular flexibility index (Phi) is 3.45. The van der Waals surface area contributed by atoms with E-state index in [0.717, 1.165) is 12.2 Å². The Morgan fingerprint density at radius 3 is 2.67 bits per heavy atom. The predicted octanol–water partition coefficient (Wildman–Crippen LogP) is 0.339. The molecule has 15 heavy (non-hydrogen) atoms. The van der Waals surface area contributed by atoms with E-state index < -0.39 is 11.9 Å². The van der Waals surface area contributed by atoms with E-state index >= 15 is 0 Å². The predicted molar refractivity (Wildman–Crippen MR) is 52.1 cm³/mol. The molecule has 78 valence electrons. The zero-order valence-corrected chi connectivity index (χ0v) is 7.71. The van der Waals surface area contributed by atoms with Crippen LogP contribution in [0.15, 0.2) is 36.4 Å². The molecule has 0 aliphatic rings. The number of carbonyl (C=O) groups excluding carboxylic acids is 2. The van der Waals surface area contributed by atoms with Gasteiger partial charge < -0.3 is 15.6 Å². The number of hydrogen-bond donors (Lipinski definition) is 2. The number of aromatic hydroxyl groups is 1. The van der Waals surface area contributed by atoms with Crippen LogP contribution in [-0.4, -0.2) is 17.0 Å². The molecule has 0 radical (unpaired) electrons. The SMILES string of the molecule is NC(=O)C=CC(=O)Oc1cccc(O)c1. The second kappa shape index (κ2) is 4.80. The van der Waals surface area contributed by atoms with Gasteiger partial charge in [-0.15, -0.1) is 0 Å². The molecule has 0 saturated carbocycles. The van der Waals surface area contributed by atoms with E-state index in [0.29, 0.717) is 0 Å². The van der Waals surface area contributed by atoms with E-state index in [9.17, 15) is 9.59 Å². The van der Waals surface area contributed by atoms with Gasteiger partial charge in [0.05, 0.1) is 0 Å². The average molecular weight is 207 g/mol. The van der Waals surface area contributed by atoms with Crippen molar-refractivity contribution in [3.05, 3.63) is 36.4 Å². The number of primary amides is 1. The second-order valence-corrected chi connectivity index (χ2v) is 2.65. The summed E-state index contributed by atoms with van der Waals surface area (Å²) < 4.78 is 4.75. The van der Waals surface area contributed by atoms with Gasteiger partial charge in [0.1, 0.15) is 11.5 Å². The topological polar surface area (TPSA) is 89.6 Å². The van der Waals surface area contributed by atoms with E-state index in [1.54, 1.807) is 0 Å². The molecule has 0 aliphatic heterocycles. The molecule has 0 heterocycles. The normalized spacial score (nSPS) is 10.1. The lowest BCUT2D eigenvalue weighted by Gasteiger charge is -2.00. The largest absolute Gasteiger partial charge is 0.508 e. The van der Waals surface area contributed by atoms with Crippen LogP contribution >= 0.6 is 0 Å². The second-order valence-electron chi connectivity index (χ2n) is 2.65. The van der Waals surface area contributed by atoms with Gasteiger partial charge in [-0.2, -0.15) is 0 Å². The number of phenols is 1. The minimum atomic E-state index is -0.737. The summed E-state index contributed by atoms with van der Waals surface area (Å²) in [4.78, 5) is 21.3. The maximum atomic E-state index is 11.0. The third kappa shape index (κ3) is 3.95. The lowest BCUT2D eigenvalue weighted by molar-refractivity contribution is -0.129. The molecule has 3 N–H and O–H groups in total. The molecule has 1 aromatic carbocycles. The lowest BCUT2D eigenvalue weighted by atomic mass is 10.3. The Morgan fingerprint density at radius 1 is 1.33 bits per heavy atom. The quantitative estimate of drug-likeness (QED) is 0.425. The Morgan fingerprint density at radius 2 is 2.07 bits per heavy atom. The third-order valence-electron chi connectivity index (χ3n) is 1.42. The van der Waals surface area contributed by atoms with Gasteiger partial charge in [-0.1, -0.05) is 6.07 Å². The number of hydrogen-bond acceptors (Lipinski definition) is 4. The standard InChI is InChI=1S/C10H9NO4/c11-9(13)4-5-10(14)15-8-3-1-2-7(12)6-8/h1-6,12H,(H2,11,13). The molecule has 0 spiro atoms. The Bertz CT molecular complexity index is 412. The lowest BCUT2D eigenvalue weighted by Crippen LogP contribution is -2.09. The summed E-state index contributed by atoms with van der Waals surface area (Å²) >= 11 is 0. The van der Waals surface area contributed by atoms with Crippen LogP contribution in [0.4, 0.5) is 0 Å². The Labute approximate surface area is 85.8 Å². The zero-order valence-electron chi connectivity index (χ0n) is 7.71. The number of benzene rings is 1. The molecule has 1 amide bonds. The minimum Gasteiger partial charge on any atom is -0.508 e. The van der Waals surface area contributed by atoms with Crippen molar-refractivity contribution in [1.82, 2.24) is 0 Å². The van der Waals surface area contributed by atoms with E-state index in [1.165, 1.54) is 24.3 Å². The van der Waals surface area contributed by atoms with E-state index in [4.69, 9.17) is 15.6 Å². The van der Waals surface area contributed by atoms with Gasteiger partial charge in [0.2, 0.25) is 5.91 Å². The fraction of sp³-hybridized carbons (Fsp3) is 0. The van der Waals surface area contributed by atoms with Crippen molar-refractivity contribution >= 4 is 11.9 Å². The molecule has 0 fully saturated rings. The average Bonchev–Trinajstić information content (AvgIpc) is 2.15. The van der Waals surface area contributed by atoms with Crippen molar-refractivity contribution in [1.29, 1.82) is 0 Å². The highest BCUT2D eigenvalue weighted by Crippen LogP contribution is 2.17. The Hall–Kier alpha value is -2.30. The van der Waals surface area contributed by atoms with Crippen LogP contribution in [0.1, 0.15) is 0 Å². The monoisotopic (exact) mass is 207 g/mol. The molecule has 0 aromatic heterocycles. The fourth-order valence-electron chi connectivity index (χ4n) is 0.847. The van der Waals surface area contributed by atoms with E-state index in [2.05, 4.69) is 0 Å². The van der Waals surface area contributed by atoms with Crippen LogP contribution in [0.5, 0.6) is 11.5 Å². The van der Waals surface area contributed by atoms with Gasteiger partial charge in [0.15, 0.2) is 0 Å². The molecule has 0 atom stereocenters. The summed E-state index contributed by atoms with van der Waals surface area (Å²) in [6.07, 6.45) is 1.80. The van der Waals surface area contributed by atoms with E-state index in [1.807, 2.05) is 0 Å².